The molecule has 5 nitrogen and oxygen atoms in total. The molecular weight excluding hydrogens is 323 g/mol. The summed E-state index contributed by atoms with van der Waals surface area (Å²) < 4.78 is 12.8. The van der Waals surface area contributed by atoms with Crippen molar-refractivity contribution in [1.82, 2.24) is 5.32 Å². The lowest BCUT2D eigenvalue weighted by atomic mass is 10.1. The number of halogens is 2. The van der Waals surface area contributed by atoms with Gasteiger partial charge in [0.2, 0.25) is 0 Å². The Kier molecular flexibility index (Phi) is 5.67. The second-order valence-corrected chi connectivity index (χ2v) is 5.17. The van der Waals surface area contributed by atoms with E-state index in [0.29, 0.717) is 16.3 Å². The van der Waals surface area contributed by atoms with Gasteiger partial charge in [0.05, 0.1) is 6.10 Å². The van der Waals surface area contributed by atoms with E-state index in [4.69, 9.17) is 11.6 Å². The Morgan fingerprint density at radius 1 is 1.04 bits per heavy atom. The number of hydrogen-bond donors (Lipinski definition) is 3. The number of nitrogens with one attached hydrogen (secondary N) is 2. The molecule has 2 amide bonds. The number of rotatable bonds is 4. The molecule has 7 heteroatoms. The molecule has 1 atom stereocenters. The van der Waals surface area contributed by atoms with Gasteiger partial charge in [-0.15, -0.1) is 0 Å². The molecule has 2 rings (SSSR count). The zero-order valence-corrected chi connectivity index (χ0v) is 12.7. The van der Waals surface area contributed by atoms with Crippen molar-refractivity contribution >= 4 is 29.1 Å². The van der Waals surface area contributed by atoms with Crippen molar-refractivity contribution in [3.05, 3.63) is 64.9 Å². The molecule has 0 aliphatic carbocycles. The maximum Gasteiger partial charge on any atom is 0.313 e. The molecule has 0 aliphatic rings. The smallest absolute Gasteiger partial charge is 0.313 e. The van der Waals surface area contributed by atoms with Gasteiger partial charge in [-0.25, -0.2) is 4.39 Å². The van der Waals surface area contributed by atoms with Crippen LogP contribution in [-0.4, -0.2) is 23.5 Å². The summed E-state index contributed by atoms with van der Waals surface area (Å²) in [5.74, 6) is -2.25. The zero-order chi connectivity index (χ0) is 16.8. The lowest BCUT2D eigenvalue weighted by Gasteiger charge is -2.12. The first-order valence-electron chi connectivity index (χ1n) is 6.74. The maximum atomic E-state index is 12.8. The molecule has 2 aromatic rings. The highest BCUT2D eigenvalue weighted by Crippen LogP contribution is 2.15. The number of carbonyl (C=O) groups excluding carboxylic acids is 2. The van der Waals surface area contributed by atoms with Crippen LogP contribution in [-0.2, 0) is 9.59 Å². The van der Waals surface area contributed by atoms with Crippen LogP contribution in [0.4, 0.5) is 10.1 Å². The molecule has 0 radical (unpaired) electrons. The number of benzene rings is 2. The van der Waals surface area contributed by atoms with Crippen LogP contribution < -0.4 is 10.6 Å². The number of anilines is 1. The summed E-state index contributed by atoms with van der Waals surface area (Å²) in [6.07, 6.45) is -0.963. The number of carbonyl (C=O) groups is 2. The highest BCUT2D eigenvalue weighted by molar-refractivity contribution is 6.39. The lowest BCUT2D eigenvalue weighted by Crippen LogP contribution is -2.37. The summed E-state index contributed by atoms with van der Waals surface area (Å²) in [6, 6.07) is 11.5. The Bertz CT molecular complexity index is 689. The number of hydrogen-bond acceptors (Lipinski definition) is 3. The normalized spacial score (nSPS) is 11.6. The van der Waals surface area contributed by atoms with Crippen LogP contribution in [0.25, 0.3) is 0 Å². The van der Waals surface area contributed by atoms with Crippen molar-refractivity contribution in [2.75, 3.05) is 11.9 Å². The quantitative estimate of drug-likeness (QED) is 0.749. The first-order chi connectivity index (χ1) is 11.0. The van der Waals surface area contributed by atoms with Gasteiger partial charge in [-0.05, 0) is 42.0 Å². The summed E-state index contributed by atoms with van der Waals surface area (Å²) in [7, 11) is 0. The van der Waals surface area contributed by atoms with Gasteiger partial charge in [-0.2, -0.15) is 0 Å². The van der Waals surface area contributed by atoms with Gasteiger partial charge < -0.3 is 15.7 Å². The Morgan fingerprint density at radius 3 is 2.26 bits per heavy atom. The highest BCUT2D eigenvalue weighted by atomic mass is 35.5. The molecule has 3 N–H and O–H groups in total. The number of aliphatic hydroxyl groups is 1. The van der Waals surface area contributed by atoms with E-state index in [1.807, 2.05) is 0 Å². The first-order valence-corrected chi connectivity index (χ1v) is 7.12. The van der Waals surface area contributed by atoms with E-state index in [1.54, 1.807) is 24.3 Å². The van der Waals surface area contributed by atoms with Gasteiger partial charge in [-0.1, -0.05) is 23.7 Å². The monoisotopic (exact) mass is 336 g/mol. The third-order valence-electron chi connectivity index (χ3n) is 3.02. The third kappa shape index (κ3) is 5.05. The van der Waals surface area contributed by atoms with Crippen molar-refractivity contribution in [2.24, 2.45) is 0 Å². The van der Waals surface area contributed by atoms with Gasteiger partial charge in [-0.3, -0.25) is 9.59 Å². The molecule has 120 valence electrons. The van der Waals surface area contributed by atoms with Crippen molar-refractivity contribution < 1.29 is 19.1 Å². The van der Waals surface area contributed by atoms with E-state index in [0.717, 1.165) is 12.1 Å². The van der Waals surface area contributed by atoms with E-state index in [9.17, 15) is 19.1 Å². The summed E-state index contributed by atoms with van der Waals surface area (Å²) in [5.41, 5.74) is 0.860. The summed E-state index contributed by atoms with van der Waals surface area (Å²) in [4.78, 5) is 23.3. The zero-order valence-electron chi connectivity index (χ0n) is 11.9. The number of aliphatic hydroxyl groups excluding tert-OH is 1. The van der Waals surface area contributed by atoms with Crippen molar-refractivity contribution in [1.29, 1.82) is 0 Å². The lowest BCUT2D eigenvalue weighted by molar-refractivity contribution is -0.136. The number of amides is 2. The third-order valence-corrected chi connectivity index (χ3v) is 3.27. The van der Waals surface area contributed by atoms with Crippen molar-refractivity contribution in [3.63, 3.8) is 0 Å². The molecule has 0 saturated carbocycles. The molecule has 0 spiro atoms. The minimum Gasteiger partial charge on any atom is -0.387 e. The second kappa shape index (κ2) is 7.71. The van der Waals surface area contributed by atoms with Crippen LogP contribution >= 0.6 is 11.6 Å². The molecule has 0 bridgehead atoms. The van der Waals surface area contributed by atoms with Crippen LogP contribution in [0.15, 0.2) is 48.5 Å². The van der Waals surface area contributed by atoms with Crippen LogP contribution in [0.2, 0.25) is 5.02 Å². The Labute approximate surface area is 137 Å². The standard InChI is InChI=1S/C16H14ClFN2O3/c17-11-3-1-10(2-4-11)14(21)9-19-15(22)16(23)20-13-7-5-12(18)6-8-13/h1-8,14,21H,9H2,(H,19,22)(H,20,23). The fourth-order valence-electron chi connectivity index (χ4n) is 1.79. The Balaban J connectivity index is 1.85. The molecule has 23 heavy (non-hydrogen) atoms. The predicted octanol–water partition coefficient (Wildman–Crippen LogP) is 2.27. The van der Waals surface area contributed by atoms with Crippen LogP contribution in [0.3, 0.4) is 0 Å². The summed E-state index contributed by atoms with van der Waals surface area (Å²) >= 11 is 5.74. The molecule has 0 aliphatic heterocycles. The fourth-order valence-corrected chi connectivity index (χ4v) is 1.92. The van der Waals surface area contributed by atoms with Crippen molar-refractivity contribution in [3.8, 4) is 0 Å². The van der Waals surface area contributed by atoms with Gasteiger partial charge in [0, 0.05) is 17.3 Å². The second-order valence-electron chi connectivity index (χ2n) is 4.74. The molecule has 2 aromatic carbocycles. The summed E-state index contributed by atoms with van der Waals surface area (Å²) in [5, 5.41) is 15.1. The maximum absolute atomic E-state index is 12.8. The molecule has 0 fully saturated rings. The predicted molar refractivity (Wildman–Crippen MR) is 84.5 cm³/mol. The molecule has 1 unspecified atom stereocenters. The van der Waals surface area contributed by atoms with Gasteiger partial charge in [0.1, 0.15) is 5.82 Å². The van der Waals surface area contributed by atoms with Crippen LogP contribution in [0, 0.1) is 5.82 Å². The SMILES string of the molecule is O=C(NCC(O)c1ccc(Cl)cc1)C(=O)Nc1ccc(F)cc1. The van der Waals surface area contributed by atoms with E-state index in [-0.39, 0.29) is 6.54 Å². The molecule has 0 aromatic heterocycles. The highest BCUT2D eigenvalue weighted by Gasteiger charge is 2.16. The Morgan fingerprint density at radius 2 is 1.65 bits per heavy atom. The fraction of sp³-hybridized carbons (Fsp3) is 0.125. The van der Waals surface area contributed by atoms with Gasteiger partial charge in [0.15, 0.2) is 0 Å². The van der Waals surface area contributed by atoms with Gasteiger partial charge in [0.25, 0.3) is 0 Å². The average Bonchev–Trinajstić information content (AvgIpc) is 2.55. The largest absolute Gasteiger partial charge is 0.387 e. The topological polar surface area (TPSA) is 78.4 Å². The molecule has 0 saturated heterocycles. The Hall–Kier alpha value is -2.44. The summed E-state index contributed by atoms with van der Waals surface area (Å²) in [6.45, 7) is -0.128. The molecular formula is C16H14ClFN2O3. The minimum absolute atomic E-state index is 0.128. The van der Waals surface area contributed by atoms with Crippen LogP contribution in [0.1, 0.15) is 11.7 Å². The minimum atomic E-state index is -0.963. The average molecular weight is 337 g/mol. The van der Waals surface area contributed by atoms with E-state index in [2.05, 4.69) is 10.6 Å². The van der Waals surface area contributed by atoms with E-state index >= 15 is 0 Å². The van der Waals surface area contributed by atoms with Gasteiger partial charge >= 0.3 is 11.8 Å². The van der Waals surface area contributed by atoms with Crippen molar-refractivity contribution in [2.45, 2.75) is 6.10 Å². The van der Waals surface area contributed by atoms with E-state index in [1.165, 1.54) is 12.1 Å². The first kappa shape index (κ1) is 16.9. The van der Waals surface area contributed by atoms with Crippen LogP contribution in [0.5, 0.6) is 0 Å². The molecule has 0 heterocycles. The van der Waals surface area contributed by atoms with E-state index < -0.39 is 23.7 Å².